The summed E-state index contributed by atoms with van der Waals surface area (Å²) in [5.41, 5.74) is 0.992. The Labute approximate surface area is 198 Å². The first-order valence-corrected chi connectivity index (χ1v) is 12.7. The van der Waals surface area contributed by atoms with Crippen molar-refractivity contribution < 1.29 is 9.18 Å². The molecule has 33 heavy (non-hydrogen) atoms. The second-order valence-corrected chi connectivity index (χ2v) is 9.93. The maximum Gasteiger partial charge on any atom is 0.263 e. The van der Waals surface area contributed by atoms with E-state index >= 15 is 0 Å². The van der Waals surface area contributed by atoms with Gasteiger partial charge in [-0.2, -0.15) is 0 Å². The average Bonchev–Trinajstić information content (AvgIpc) is 3.47. The lowest BCUT2D eigenvalue weighted by Gasteiger charge is -2.27. The minimum Gasteiger partial charge on any atom is -0.324 e. The molecule has 0 aliphatic carbocycles. The fraction of sp³-hybridized carbons (Fsp3) is 0.292. The fourth-order valence-electron chi connectivity index (χ4n) is 4.19. The van der Waals surface area contributed by atoms with Gasteiger partial charge in [0.2, 0.25) is 5.91 Å². The molecule has 0 radical (unpaired) electrons. The van der Waals surface area contributed by atoms with Crippen molar-refractivity contribution >= 4 is 44.5 Å². The summed E-state index contributed by atoms with van der Waals surface area (Å²) in [6, 6.07) is 9.65. The molecule has 5 rings (SSSR count). The molecule has 9 heteroatoms. The molecule has 1 aliphatic rings. The quantitative estimate of drug-likeness (QED) is 0.422. The fourth-order valence-corrected chi connectivity index (χ4v) is 5.96. The Morgan fingerprint density at radius 2 is 1.97 bits per heavy atom. The zero-order chi connectivity index (χ0) is 22.8. The number of hydrogen-bond donors (Lipinski definition) is 1. The van der Waals surface area contributed by atoms with E-state index in [1.54, 1.807) is 17.4 Å². The lowest BCUT2D eigenvalue weighted by molar-refractivity contribution is -0.116. The van der Waals surface area contributed by atoms with Gasteiger partial charge in [-0.05, 0) is 55.6 Å². The largest absolute Gasteiger partial charge is 0.324 e. The number of nitrogens with zero attached hydrogens (tertiary/aromatic N) is 3. The van der Waals surface area contributed by atoms with Crippen molar-refractivity contribution in [1.29, 1.82) is 0 Å². The highest BCUT2D eigenvalue weighted by molar-refractivity contribution is 7.18. The van der Waals surface area contributed by atoms with E-state index in [0.717, 1.165) is 36.4 Å². The van der Waals surface area contributed by atoms with Crippen LogP contribution in [0.3, 0.4) is 0 Å². The summed E-state index contributed by atoms with van der Waals surface area (Å²) in [7, 11) is 0. The number of carbonyl (C=O) groups is 1. The molecule has 1 N–H and O–H groups in total. The summed E-state index contributed by atoms with van der Waals surface area (Å²) in [6.45, 7) is 2.24. The third-order valence-corrected chi connectivity index (χ3v) is 7.56. The van der Waals surface area contributed by atoms with Crippen molar-refractivity contribution in [2.75, 3.05) is 18.4 Å². The van der Waals surface area contributed by atoms with Crippen LogP contribution in [0.5, 0.6) is 0 Å². The van der Waals surface area contributed by atoms with Gasteiger partial charge < -0.3 is 5.32 Å². The van der Waals surface area contributed by atoms with E-state index in [9.17, 15) is 14.0 Å². The van der Waals surface area contributed by atoms with Crippen LogP contribution >= 0.6 is 22.7 Å². The van der Waals surface area contributed by atoms with Crippen LogP contribution in [-0.2, 0) is 17.9 Å². The molecular weight excluding hydrogens is 459 g/mol. The van der Waals surface area contributed by atoms with Gasteiger partial charge in [-0.3, -0.25) is 19.1 Å². The van der Waals surface area contributed by atoms with Gasteiger partial charge in [-0.25, -0.2) is 9.37 Å². The first kappa shape index (κ1) is 21.9. The minimum absolute atomic E-state index is 0.179. The second-order valence-electron chi connectivity index (χ2n) is 8.12. The Morgan fingerprint density at radius 1 is 1.12 bits per heavy atom. The molecule has 3 aromatic heterocycles. The Bertz CT molecular complexity index is 1340. The predicted molar refractivity (Wildman–Crippen MR) is 131 cm³/mol. The van der Waals surface area contributed by atoms with Crippen molar-refractivity contribution in [1.82, 2.24) is 14.5 Å². The summed E-state index contributed by atoms with van der Waals surface area (Å²) in [5, 5.41) is 7.18. The van der Waals surface area contributed by atoms with Gasteiger partial charge in [0, 0.05) is 21.5 Å². The normalized spacial score (nSPS) is 14.6. The summed E-state index contributed by atoms with van der Waals surface area (Å²) in [5.74, 6) is -0.238. The first-order chi connectivity index (χ1) is 16.1. The van der Waals surface area contributed by atoms with Crippen molar-refractivity contribution in [3.63, 3.8) is 0 Å². The number of fused-ring (bicyclic) bond motifs is 1. The molecule has 0 bridgehead atoms. The number of hydrogen-bond acceptors (Lipinski definition) is 6. The minimum atomic E-state index is -0.433. The number of nitrogens with one attached hydrogen (secondary N) is 1. The highest BCUT2D eigenvalue weighted by atomic mass is 32.1. The lowest BCUT2D eigenvalue weighted by atomic mass is 10.1. The van der Waals surface area contributed by atoms with E-state index in [0.29, 0.717) is 28.3 Å². The number of rotatable bonds is 6. The van der Waals surface area contributed by atoms with Crippen molar-refractivity contribution in [3.8, 4) is 10.4 Å². The smallest absolute Gasteiger partial charge is 0.263 e. The molecular formula is C24H23FN4O2S2. The predicted octanol–water partition coefficient (Wildman–Crippen LogP) is 4.95. The Balaban J connectivity index is 1.53. The number of piperidine rings is 1. The number of halogens is 1. The zero-order valence-corrected chi connectivity index (χ0v) is 19.6. The molecule has 1 aliphatic heterocycles. The maximum atomic E-state index is 13.7. The third kappa shape index (κ3) is 4.75. The molecule has 1 saturated heterocycles. The van der Waals surface area contributed by atoms with Gasteiger partial charge in [0.05, 0.1) is 11.9 Å². The molecule has 0 spiro atoms. The molecule has 0 saturated carbocycles. The number of amides is 1. The van der Waals surface area contributed by atoms with Crippen molar-refractivity contribution in [3.05, 3.63) is 69.2 Å². The van der Waals surface area contributed by atoms with Crippen LogP contribution in [0.25, 0.3) is 20.7 Å². The van der Waals surface area contributed by atoms with Gasteiger partial charge in [-0.15, -0.1) is 22.7 Å². The summed E-state index contributed by atoms with van der Waals surface area (Å²) >= 11 is 3.02. The number of benzene rings is 1. The topological polar surface area (TPSA) is 67.2 Å². The molecule has 0 unspecified atom stereocenters. The summed E-state index contributed by atoms with van der Waals surface area (Å²) in [6.07, 6.45) is 3.45. The molecule has 6 nitrogen and oxygen atoms in total. The van der Waals surface area contributed by atoms with Crippen LogP contribution in [-0.4, -0.2) is 33.4 Å². The van der Waals surface area contributed by atoms with Crippen molar-refractivity contribution in [2.45, 2.75) is 32.4 Å². The SMILES string of the molecule is O=C(Cn1c(CN2CCCCC2)nc2scc(-c3cccs3)c2c1=O)Nc1cccc(F)c1. The van der Waals surface area contributed by atoms with E-state index in [-0.39, 0.29) is 12.1 Å². The molecule has 4 heterocycles. The van der Waals surface area contributed by atoms with Crippen molar-refractivity contribution in [2.24, 2.45) is 0 Å². The average molecular weight is 483 g/mol. The Morgan fingerprint density at radius 3 is 2.73 bits per heavy atom. The number of carbonyl (C=O) groups excluding carboxylic acids is 1. The lowest BCUT2D eigenvalue weighted by Crippen LogP contribution is -2.36. The van der Waals surface area contributed by atoms with E-state index in [2.05, 4.69) is 10.2 Å². The highest BCUT2D eigenvalue weighted by Gasteiger charge is 2.21. The van der Waals surface area contributed by atoms with Gasteiger partial charge in [0.1, 0.15) is 23.0 Å². The van der Waals surface area contributed by atoms with Crippen LogP contribution < -0.4 is 10.9 Å². The van der Waals surface area contributed by atoms with E-state index in [1.165, 1.54) is 40.5 Å². The van der Waals surface area contributed by atoms with Gasteiger partial charge in [0.25, 0.3) is 5.56 Å². The number of aromatic nitrogens is 2. The number of likely N-dealkylation sites (tertiary alicyclic amines) is 1. The first-order valence-electron chi connectivity index (χ1n) is 10.9. The monoisotopic (exact) mass is 482 g/mol. The third-order valence-electron chi connectivity index (χ3n) is 5.78. The van der Waals surface area contributed by atoms with Crippen LogP contribution in [0.15, 0.2) is 52.0 Å². The van der Waals surface area contributed by atoms with E-state index in [4.69, 9.17) is 4.98 Å². The van der Waals surface area contributed by atoms with Crippen LogP contribution in [0.4, 0.5) is 10.1 Å². The van der Waals surface area contributed by atoms with Crippen LogP contribution in [0.2, 0.25) is 0 Å². The zero-order valence-electron chi connectivity index (χ0n) is 17.9. The molecule has 0 atom stereocenters. The van der Waals surface area contributed by atoms with Gasteiger partial charge in [0.15, 0.2) is 0 Å². The Hall–Kier alpha value is -2.88. The summed E-state index contributed by atoms with van der Waals surface area (Å²) in [4.78, 5) is 35.3. The standard InChI is InChI=1S/C24H23FN4O2S2/c25-16-6-4-7-17(12-16)26-21(30)14-29-20(13-28-9-2-1-3-10-28)27-23-22(24(29)31)18(15-33-23)19-8-5-11-32-19/h4-8,11-12,15H,1-3,9-10,13-14H2,(H,26,30). The summed E-state index contributed by atoms with van der Waals surface area (Å²) < 4.78 is 15.0. The van der Waals surface area contributed by atoms with E-state index < -0.39 is 11.7 Å². The highest BCUT2D eigenvalue weighted by Crippen LogP contribution is 2.34. The van der Waals surface area contributed by atoms with Crippen LogP contribution in [0, 0.1) is 5.82 Å². The molecule has 1 fully saturated rings. The van der Waals surface area contributed by atoms with E-state index in [1.807, 2.05) is 22.9 Å². The number of anilines is 1. The number of thiophene rings is 2. The van der Waals surface area contributed by atoms with Crippen LogP contribution in [0.1, 0.15) is 25.1 Å². The van der Waals surface area contributed by atoms with Gasteiger partial charge >= 0.3 is 0 Å². The molecule has 170 valence electrons. The molecule has 1 amide bonds. The second kappa shape index (κ2) is 9.54. The molecule has 4 aromatic rings. The maximum absolute atomic E-state index is 13.7. The van der Waals surface area contributed by atoms with Gasteiger partial charge in [-0.1, -0.05) is 18.6 Å². The Kier molecular flexibility index (Phi) is 6.34. The molecule has 1 aromatic carbocycles.